The molecule has 0 saturated heterocycles. The number of hydrogen-bond acceptors (Lipinski definition) is 3. The van der Waals surface area contributed by atoms with Crippen molar-refractivity contribution in [3.8, 4) is 0 Å². The van der Waals surface area contributed by atoms with E-state index in [2.05, 4.69) is 119 Å². The standard InChI is InChI=1S/C32H40ClN3/c1-20(2)24-11-9-12-25(21(3)4)30(24)35-17-18-36(32(35)28-15-16-34-19-29(28)33)31-26(22(5)6)13-10-14-27(31)23(7)8/h9-14,16-23H,15H2,1-8H3. The maximum atomic E-state index is 6.89. The van der Waals surface area contributed by atoms with Gasteiger partial charge in [-0.05, 0) is 45.9 Å². The number of para-hydroxylation sites is 2. The molecule has 4 rings (SSSR count). The number of aliphatic imine (C=N–C) groups is 1. The summed E-state index contributed by atoms with van der Waals surface area (Å²) in [5, 5.41) is 0.701. The number of benzene rings is 2. The molecule has 2 aliphatic heterocycles. The van der Waals surface area contributed by atoms with Gasteiger partial charge in [-0.2, -0.15) is 0 Å². The van der Waals surface area contributed by atoms with Crippen LogP contribution in [-0.2, 0) is 0 Å². The molecule has 0 amide bonds. The topological polar surface area (TPSA) is 18.8 Å². The summed E-state index contributed by atoms with van der Waals surface area (Å²) >= 11 is 6.89. The normalized spacial score (nSPS) is 16.0. The molecule has 2 heterocycles. The highest BCUT2D eigenvalue weighted by Gasteiger charge is 2.33. The first-order chi connectivity index (χ1) is 17.1. The summed E-state index contributed by atoms with van der Waals surface area (Å²) in [6, 6.07) is 13.5. The minimum absolute atomic E-state index is 0.389. The van der Waals surface area contributed by atoms with Crippen LogP contribution in [-0.4, -0.2) is 6.21 Å². The van der Waals surface area contributed by atoms with Gasteiger partial charge in [-0.3, -0.25) is 4.99 Å². The highest BCUT2D eigenvalue weighted by Crippen LogP contribution is 2.46. The van der Waals surface area contributed by atoms with E-state index < -0.39 is 0 Å². The van der Waals surface area contributed by atoms with Crippen molar-refractivity contribution in [1.82, 2.24) is 0 Å². The molecule has 0 unspecified atom stereocenters. The number of allylic oxidation sites excluding steroid dienone is 2. The highest BCUT2D eigenvalue weighted by molar-refractivity contribution is 6.32. The van der Waals surface area contributed by atoms with Gasteiger partial charge in [0, 0.05) is 36.8 Å². The van der Waals surface area contributed by atoms with E-state index in [0.717, 1.165) is 11.4 Å². The maximum absolute atomic E-state index is 6.89. The average Bonchev–Trinajstić information content (AvgIpc) is 3.27. The molecule has 0 radical (unpaired) electrons. The SMILES string of the molecule is CC(C)c1cccc(C(C)C)c1N1C=CN(c2c(C(C)C)cccc2C(C)C)C1=C1CC=NC=C1Cl. The lowest BCUT2D eigenvalue weighted by atomic mass is 9.91. The van der Waals surface area contributed by atoms with Crippen molar-refractivity contribution in [1.29, 1.82) is 0 Å². The monoisotopic (exact) mass is 501 g/mol. The molecular formula is C32H40ClN3. The molecule has 3 nitrogen and oxygen atoms in total. The third-order valence-corrected chi connectivity index (χ3v) is 7.46. The first-order valence-electron chi connectivity index (χ1n) is 13.3. The van der Waals surface area contributed by atoms with Crippen molar-refractivity contribution >= 4 is 29.2 Å². The van der Waals surface area contributed by atoms with Crippen LogP contribution in [0.2, 0.25) is 0 Å². The molecule has 0 fully saturated rings. The Morgan fingerprint density at radius 2 is 1.06 bits per heavy atom. The van der Waals surface area contributed by atoms with Gasteiger partial charge in [-0.25, -0.2) is 0 Å². The molecule has 2 aromatic carbocycles. The molecule has 4 heteroatoms. The van der Waals surface area contributed by atoms with Gasteiger partial charge in [0.2, 0.25) is 0 Å². The van der Waals surface area contributed by atoms with Crippen molar-refractivity contribution in [3.63, 3.8) is 0 Å². The van der Waals surface area contributed by atoms with Crippen LogP contribution in [0.1, 0.15) is 108 Å². The first kappa shape index (κ1) is 26.3. The van der Waals surface area contributed by atoms with E-state index in [1.165, 1.54) is 33.6 Å². The Morgan fingerprint density at radius 3 is 1.39 bits per heavy atom. The third-order valence-electron chi connectivity index (χ3n) is 7.13. The Hall–Kier alpha value is -2.78. The molecule has 0 aliphatic carbocycles. The summed E-state index contributed by atoms with van der Waals surface area (Å²) in [7, 11) is 0. The lowest BCUT2D eigenvalue weighted by Crippen LogP contribution is -2.28. The summed E-state index contributed by atoms with van der Waals surface area (Å²) in [5.74, 6) is 2.66. The van der Waals surface area contributed by atoms with Gasteiger partial charge in [0.25, 0.3) is 0 Å². The average molecular weight is 502 g/mol. The molecule has 0 saturated carbocycles. The molecule has 0 N–H and O–H groups in total. The molecular weight excluding hydrogens is 462 g/mol. The zero-order valence-corrected chi connectivity index (χ0v) is 23.8. The van der Waals surface area contributed by atoms with E-state index in [1.807, 2.05) is 6.21 Å². The summed E-state index contributed by atoms with van der Waals surface area (Å²) in [6.07, 6.45) is 8.88. The predicted octanol–water partition coefficient (Wildman–Crippen LogP) is 9.74. The quantitative estimate of drug-likeness (QED) is 0.392. The first-order valence-corrected chi connectivity index (χ1v) is 13.6. The number of anilines is 2. The summed E-state index contributed by atoms with van der Waals surface area (Å²) in [5.41, 5.74) is 9.01. The summed E-state index contributed by atoms with van der Waals surface area (Å²) in [4.78, 5) is 9.12. The second-order valence-corrected chi connectivity index (χ2v) is 11.4. The van der Waals surface area contributed by atoms with Crippen molar-refractivity contribution in [2.75, 3.05) is 9.80 Å². The molecule has 0 bridgehead atoms. The Labute approximate surface area is 222 Å². The maximum Gasteiger partial charge on any atom is 0.127 e. The lowest BCUT2D eigenvalue weighted by Gasteiger charge is -2.35. The minimum Gasteiger partial charge on any atom is -0.301 e. The van der Waals surface area contributed by atoms with Crippen molar-refractivity contribution in [2.45, 2.75) is 85.5 Å². The van der Waals surface area contributed by atoms with Gasteiger partial charge < -0.3 is 9.80 Å². The zero-order valence-electron chi connectivity index (χ0n) is 23.0. The van der Waals surface area contributed by atoms with Crippen LogP contribution in [0, 0.1) is 0 Å². The minimum atomic E-state index is 0.389. The number of halogens is 1. The Balaban J connectivity index is 2.04. The van der Waals surface area contributed by atoms with Crippen molar-refractivity contribution < 1.29 is 0 Å². The van der Waals surface area contributed by atoms with E-state index >= 15 is 0 Å². The molecule has 36 heavy (non-hydrogen) atoms. The van der Waals surface area contributed by atoms with Gasteiger partial charge >= 0.3 is 0 Å². The predicted molar refractivity (Wildman–Crippen MR) is 157 cm³/mol. The molecule has 2 aromatic rings. The van der Waals surface area contributed by atoms with Crippen LogP contribution in [0.5, 0.6) is 0 Å². The Bertz CT molecular complexity index is 1120. The zero-order chi connectivity index (χ0) is 26.1. The van der Waals surface area contributed by atoms with Gasteiger partial charge in [0.15, 0.2) is 0 Å². The highest BCUT2D eigenvalue weighted by atomic mass is 35.5. The molecule has 0 atom stereocenters. The lowest BCUT2D eigenvalue weighted by molar-refractivity contribution is 0.818. The fraction of sp³-hybridized carbons (Fsp3) is 0.406. The van der Waals surface area contributed by atoms with E-state index in [1.54, 1.807) is 6.20 Å². The van der Waals surface area contributed by atoms with Gasteiger partial charge in [0.1, 0.15) is 5.82 Å². The van der Waals surface area contributed by atoms with Crippen molar-refractivity contribution in [2.24, 2.45) is 4.99 Å². The van der Waals surface area contributed by atoms with Crippen LogP contribution in [0.25, 0.3) is 0 Å². The van der Waals surface area contributed by atoms with Crippen LogP contribution in [0.15, 0.2) is 76.4 Å². The fourth-order valence-electron chi connectivity index (χ4n) is 5.26. The van der Waals surface area contributed by atoms with Gasteiger partial charge in [-0.15, -0.1) is 0 Å². The van der Waals surface area contributed by atoms with Gasteiger partial charge in [-0.1, -0.05) is 103 Å². The Morgan fingerprint density at radius 1 is 0.667 bits per heavy atom. The number of rotatable bonds is 6. The largest absolute Gasteiger partial charge is 0.301 e. The van der Waals surface area contributed by atoms with E-state index in [-0.39, 0.29) is 0 Å². The fourth-order valence-corrected chi connectivity index (χ4v) is 5.48. The summed E-state index contributed by atoms with van der Waals surface area (Å²) in [6.45, 7) is 18.2. The van der Waals surface area contributed by atoms with E-state index in [0.29, 0.717) is 35.1 Å². The second kappa shape index (κ2) is 10.7. The smallest absolute Gasteiger partial charge is 0.127 e. The molecule has 0 spiro atoms. The summed E-state index contributed by atoms with van der Waals surface area (Å²) < 4.78 is 0. The van der Waals surface area contributed by atoms with Crippen molar-refractivity contribution in [3.05, 3.63) is 93.7 Å². The van der Waals surface area contributed by atoms with Crippen LogP contribution in [0.4, 0.5) is 11.4 Å². The van der Waals surface area contributed by atoms with Crippen LogP contribution < -0.4 is 9.80 Å². The van der Waals surface area contributed by atoms with E-state index in [4.69, 9.17) is 11.6 Å². The van der Waals surface area contributed by atoms with Gasteiger partial charge in [0.05, 0.1) is 16.4 Å². The molecule has 190 valence electrons. The second-order valence-electron chi connectivity index (χ2n) is 11.0. The Kier molecular flexibility index (Phi) is 7.80. The van der Waals surface area contributed by atoms with Crippen LogP contribution in [0.3, 0.4) is 0 Å². The van der Waals surface area contributed by atoms with E-state index in [9.17, 15) is 0 Å². The van der Waals surface area contributed by atoms with Crippen LogP contribution >= 0.6 is 11.6 Å². The number of nitrogens with zero attached hydrogens (tertiary/aromatic N) is 3. The third kappa shape index (κ3) is 4.78. The number of hydrogen-bond donors (Lipinski definition) is 0. The molecule has 2 aliphatic rings. The molecule has 0 aromatic heterocycles.